The number of nitrogens with one attached hydrogen (secondary N) is 1. The van der Waals surface area contributed by atoms with Gasteiger partial charge in [-0.1, -0.05) is 18.2 Å². The molecule has 0 aliphatic rings. The average Bonchev–Trinajstić information content (AvgIpc) is 2.05. The van der Waals surface area contributed by atoms with Crippen molar-refractivity contribution in [2.45, 2.75) is 11.3 Å². The van der Waals surface area contributed by atoms with E-state index in [2.05, 4.69) is 4.72 Å². The molecule has 0 atom stereocenters. The lowest BCUT2D eigenvalue weighted by atomic mass is 10.4. The van der Waals surface area contributed by atoms with Gasteiger partial charge in [0.15, 0.2) is 0 Å². The summed E-state index contributed by atoms with van der Waals surface area (Å²) < 4.78 is 25.9. The summed E-state index contributed by atoms with van der Waals surface area (Å²) in [6, 6.07) is 9.35. The molecule has 1 aromatic carbocycles. The summed E-state index contributed by atoms with van der Waals surface area (Å²) in [6.45, 7) is -0.278. The van der Waals surface area contributed by atoms with Gasteiger partial charge < -0.3 is 0 Å². The minimum absolute atomic E-state index is 0.278. The van der Waals surface area contributed by atoms with Gasteiger partial charge in [0.25, 0.3) is 6.43 Å². The molecule has 0 amide bonds. The van der Waals surface area contributed by atoms with E-state index in [0.717, 1.165) is 4.90 Å². The third-order valence-electron chi connectivity index (χ3n) is 1.17. The van der Waals surface area contributed by atoms with Gasteiger partial charge >= 0.3 is 0 Å². The molecule has 0 radical (unpaired) electrons. The molecule has 0 saturated carbocycles. The topological polar surface area (TPSA) is 12.0 Å². The standard InChI is InChI=1S/C8H9F2NS/c9-8(10)6-11-12-7-4-2-1-3-5-7/h1-5,8,11H,6H2. The lowest BCUT2D eigenvalue weighted by molar-refractivity contribution is 0.154. The largest absolute Gasteiger partial charge is 0.254 e. The zero-order valence-electron chi connectivity index (χ0n) is 6.34. The molecular weight excluding hydrogens is 180 g/mol. The fraction of sp³-hybridized carbons (Fsp3) is 0.250. The molecule has 0 aromatic heterocycles. The van der Waals surface area contributed by atoms with Crippen molar-refractivity contribution in [1.82, 2.24) is 4.72 Å². The van der Waals surface area contributed by atoms with Crippen molar-refractivity contribution < 1.29 is 8.78 Å². The zero-order valence-corrected chi connectivity index (χ0v) is 7.15. The lowest BCUT2D eigenvalue weighted by Crippen LogP contribution is -2.13. The van der Waals surface area contributed by atoms with Crippen molar-refractivity contribution in [2.24, 2.45) is 0 Å². The quantitative estimate of drug-likeness (QED) is 0.730. The van der Waals surface area contributed by atoms with E-state index in [1.54, 1.807) is 0 Å². The fourth-order valence-corrected chi connectivity index (χ4v) is 1.35. The van der Waals surface area contributed by atoms with Gasteiger partial charge in [-0.3, -0.25) is 4.72 Å². The normalized spacial score (nSPS) is 10.6. The van der Waals surface area contributed by atoms with Crippen molar-refractivity contribution in [3.63, 3.8) is 0 Å². The Balaban J connectivity index is 2.25. The first-order chi connectivity index (χ1) is 5.79. The van der Waals surface area contributed by atoms with Crippen LogP contribution >= 0.6 is 11.9 Å². The number of hydrogen-bond acceptors (Lipinski definition) is 2. The zero-order chi connectivity index (χ0) is 8.81. The average molecular weight is 189 g/mol. The van der Waals surface area contributed by atoms with E-state index in [1.165, 1.54) is 11.9 Å². The van der Waals surface area contributed by atoms with Crippen LogP contribution in [0.3, 0.4) is 0 Å². The number of halogens is 2. The van der Waals surface area contributed by atoms with Gasteiger partial charge in [0.1, 0.15) is 0 Å². The van der Waals surface area contributed by atoms with E-state index in [-0.39, 0.29) is 6.54 Å². The molecule has 0 unspecified atom stereocenters. The van der Waals surface area contributed by atoms with Gasteiger partial charge in [0.2, 0.25) is 0 Å². The number of hydrogen-bond donors (Lipinski definition) is 1. The molecule has 0 spiro atoms. The molecule has 0 aliphatic heterocycles. The molecule has 1 N–H and O–H groups in total. The van der Waals surface area contributed by atoms with Crippen molar-refractivity contribution in [3.8, 4) is 0 Å². The number of rotatable bonds is 4. The Morgan fingerprint density at radius 2 is 1.92 bits per heavy atom. The van der Waals surface area contributed by atoms with Crippen molar-refractivity contribution in [3.05, 3.63) is 30.3 Å². The Bertz CT molecular complexity index is 216. The highest BCUT2D eigenvalue weighted by Crippen LogP contribution is 2.12. The van der Waals surface area contributed by atoms with Gasteiger partial charge in [0, 0.05) is 4.90 Å². The van der Waals surface area contributed by atoms with Crippen LogP contribution in [0.25, 0.3) is 0 Å². The summed E-state index contributed by atoms with van der Waals surface area (Å²) >= 11 is 1.22. The highest BCUT2D eigenvalue weighted by molar-refractivity contribution is 7.97. The number of alkyl halides is 2. The Morgan fingerprint density at radius 3 is 2.50 bits per heavy atom. The van der Waals surface area contributed by atoms with E-state index in [0.29, 0.717) is 0 Å². The molecule has 4 heteroatoms. The molecule has 0 saturated heterocycles. The highest BCUT2D eigenvalue weighted by Gasteiger charge is 2.00. The molecule has 0 heterocycles. The lowest BCUT2D eigenvalue weighted by Gasteiger charge is -2.01. The van der Waals surface area contributed by atoms with Gasteiger partial charge in [-0.2, -0.15) is 0 Å². The van der Waals surface area contributed by atoms with Gasteiger partial charge in [-0.15, -0.1) is 0 Å². The van der Waals surface area contributed by atoms with E-state index in [9.17, 15) is 8.78 Å². The van der Waals surface area contributed by atoms with E-state index < -0.39 is 6.43 Å². The highest BCUT2D eigenvalue weighted by atomic mass is 32.2. The molecule has 1 aromatic rings. The van der Waals surface area contributed by atoms with E-state index in [4.69, 9.17) is 0 Å². The van der Waals surface area contributed by atoms with Gasteiger partial charge in [-0.25, -0.2) is 8.78 Å². The molecule has 12 heavy (non-hydrogen) atoms. The number of benzene rings is 1. The monoisotopic (exact) mass is 189 g/mol. The third kappa shape index (κ3) is 3.69. The van der Waals surface area contributed by atoms with Crippen LogP contribution in [0, 0.1) is 0 Å². The van der Waals surface area contributed by atoms with E-state index in [1.807, 2.05) is 30.3 Å². The maximum Gasteiger partial charge on any atom is 0.251 e. The van der Waals surface area contributed by atoms with Crippen molar-refractivity contribution >= 4 is 11.9 Å². The second-order valence-corrected chi connectivity index (χ2v) is 3.12. The minimum Gasteiger partial charge on any atom is -0.254 e. The fourth-order valence-electron chi connectivity index (χ4n) is 0.677. The molecule has 0 aliphatic carbocycles. The molecule has 66 valence electrons. The second kappa shape index (κ2) is 5.11. The summed E-state index contributed by atoms with van der Waals surface area (Å²) in [7, 11) is 0. The Hall–Kier alpha value is -0.610. The maximum atomic E-state index is 11.7. The molecular formula is C8H9F2NS. The van der Waals surface area contributed by atoms with Crippen LogP contribution in [-0.2, 0) is 0 Å². The molecule has 1 nitrogen and oxygen atoms in total. The minimum atomic E-state index is -2.29. The van der Waals surface area contributed by atoms with Gasteiger partial charge in [-0.05, 0) is 24.1 Å². The predicted octanol–water partition coefficient (Wildman–Crippen LogP) is 2.55. The molecule has 0 fully saturated rings. The Morgan fingerprint density at radius 1 is 1.25 bits per heavy atom. The Labute approximate surface area is 74.3 Å². The first-order valence-electron chi connectivity index (χ1n) is 3.52. The van der Waals surface area contributed by atoms with Crippen LogP contribution in [0.4, 0.5) is 8.78 Å². The van der Waals surface area contributed by atoms with Crippen LogP contribution < -0.4 is 4.72 Å². The van der Waals surface area contributed by atoms with Gasteiger partial charge in [0.05, 0.1) is 6.54 Å². The van der Waals surface area contributed by atoms with Crippen LogP contribution in [0.2, 0.25) is 0 Å². The van der Waals surface area contributed by atoms with Crippen LogP contribution in [0.15, 0.2) is 35.2 Å². The summed E-state index contributed by atoms with van der Waals surface area (Å²) in [5, 5.41) is 0. The summed E-state index contributed by atoms with van der Waals surface area (Å²) in [6.07, 6.45) is -2.29. The first-order valence-corrected chi connectivity index (χ1v) is 4.33. The van der Waals surface area contributed by atoms with Crippen LogP contribution in [-0.4, -0.2) is 13.0 Å². The molecule has 1 rings (SSSR count). The summed E-state index contributed by atoms with van der Waals surface area (Å²) in [5.41, 5.74) is 0. The van der Waals surface area contributed by atoms with Crippen molar-refractivity contribution in [2.75, 3.05) is 6.54 Å². The summed E-state index contributed by atoms with van der Waals surface area (Å²) in [5.74, 6) is 0. The van der Waals surface area contributed by atoms with E-state index >= 15 is 0 Å². The smallest absolute Gasteiger partial charge is 0.251 e. The second-order valence-electron chi connectivity index (χ2n) is 2.15. The maximum absolute atomic E-state index is 11.7. The Kier molecular flexibility index (Phi) is 4.04. The van der Waals surface area contributed by atoms with Crippen molar-refractivity contribution in [1.29, 1.82) is 0 Å². The molecule has 0 bridgehead atoms. The van der Waals surface area contributed by atoms with Crippen LogP contribution in [0.5, 0.6) is 0 Å². The van der Waals surface area contributed by atoms with Crippen LogP contribution in [0.1, 0.15) is 0 Å². The SMILES string of the molecule is FC(F)CNSc1ccccc1. The third-order valence-corrected chi connectivity index (χ3v) is 1.99. The summed E-state index contributed by atoms with van der Waals surface area (Å²) in [4.78, 5) is 0.943. The first kappa shape index (κ1) is 9.48. The predicted molar refractivity (Wildman–Crippen MR) is 46.3 cm³/mol.